The molecular formula is C27H37N3O. The van der Waals surface area contributed by atoms with Gasteiger partial charge in [0.2, 0.25) is 0 Å². The molecule has 31 heavy (non-hydrogen) atoms. The Kier molecular flexibility index (Phi) is 9.62. The van der Waals surface area contributed by atoms with Crippen LogP contribution >= 0.6 is 0 Å². The summed E-state index contributed by atoms with van der Waals surface area (Å²) in [7, 11) is 0. The van der Waals surface area contributed by atoms with Crippen molar-refractivity contribution in [1.29, 1.82) is 0 Å². The summed E-state index contributed by atoms with van der Waals surface area (Å²) in [6, 6.07) is 17.9. The molecule has 0 aliphatic carbocycles. The minimum Gasteiger partial charge on any atom is -0.352 e. The molecule has 4 heteroatoms. The zero-order valence-electron chi connectivity index (χ0n) is 19.0. The Morgan fingerprint density at radius 1 is 0.839 bits per heavy atom. The van der Waals surface area contributed by atoms with Gasteiger partial charge in [-0.15, -0.1) is 0 Å². The average molecular weight is 420 g/mol. The van der Waals surface area contributed by atoms with Gasteiger partial charge in [-0.05, 0) is 43.5 Å². The Labute approximate surface area is 187 Å². The lowest BCUT2D eigenvalue weighted by Gasteiger charge is -2.10. The van der Waals surface area contributed by atoms with E-state index in [0.717, 1.165) is 49.9 Å². The van der Waals surface area contributed by atoms with Gasteiger partial charge in [-0.2, -0.15) is 0 Å². The molecule has 1 heterocycles. The molecule has 3 rings (SSSR count). The predicted octanol–water partition coefficient (Wildman–Crippen LogP) is 6.54. The van der Waals surface area contributed by atoms with Gasteiger partial charge < -0.3 is 9.88 Å². The molecule has 2 aromatic carbocycles. The second-order valence-corrected chi connectivity index (χ2v) is 8.37. The number of unbranched alkanes of at least 4 members (excludes halogenated alkanes) is 7. The number of aromatic nitrogens is 2. The first-order chi connectivity index (χ1) is 15.3. The maximum absolute atomic E-state index is 12.1. The first-order valence-corrected chi connectivity index (χ1v) is 12.1. The highest BCUT2D eigenvalue weighted by Crippen LogP contribution is 2.19. The van der Waals surface area contributed by atoms with Crippen molar-refractivity contribution in [2.45, 2.75) is 77.7 Å². The highest BCUT2D eigenvalue weighted by Gasteiger charge is 2.10. The van der Waals surface area contributed by atoms with Crippen LogP contribution in [0, 0.1) is 0 Å². The first kappa shape index (κ1) is 23.1. The third-order valence-corrected chi connectivity index (χ3v) is 5.87. The number of aryl methyl sites for hydroxylation is 2. The van der Waals surface area contributed by atoms with Crippen molar-refractivity contribution in [2.24, 2.45) is 0 Å². The van der Waals surface area contributed by atoms with Crippen LogP contribution in [0.15, 0.2) is 54.6 Å². The average Bonchev–Trinajstić information content (AvgIpc) is 3.16. The molecule has 0 saturated heterocycles. The molecule has 3 aromatic rings. The molecule has 0 bridgehead atoms. The fourth-order valence-electron chi connectivity index (χ4n) is 4.09. The summed E-state index contributed by atoms with van der Waals surface area (Å²) < 4.78 is 2.44. The van der Waals surface area contributed by atoms with Crippen molar-refractivity contribution >= 4 is 16.9 Å². The molecule has 0 aliphatic rings. The molecule has 0 radical (unpaired) electrons. The smallest absolute Gasteiger partial charge is 0.251 e. The zero-order valence-corrected chi connectivity index (χ0v) is 19.0. The minimum atomic E-state index is 0.0151. The Morgan fingerprint density at radius 2 is 1.55 bits per heavy atom. The van der Waals surface area contributed by atoms with Crippen LogP contribution in [0.3, 0.4) is 0 Å². The molecule has 0 atom stereocenters. The van der Waals surface area contributed by atoms with Crippen LogP contribution in [0.1, 0.15) is 80.9 Å². The van der Waals surface area contributed by atoms with E-state index in [-0.39, 0.29) is 5.91 Å². The second kappa shape index (κ2) is 12.9. The van der Waals surface area contributed by atoms with E-state index in [1.54, 1.807) is 0 Å². The Bertz CT molecular complexity index is 917. The fourth-order valence-corrected chi connectivity index (χ4v) is 4.09. The van der Waals surface area contributed by atoms with Gasteiger partial charge in [-0.1, -0.05) is 75.8 Å². The van der Waals surface area contributed by atoms with E-state index < -0.39 is 0 Å². The van der Waals surface area contributed by atoms with E-state index in [2.05, 4.69) is 41.1 Å². The molecule has 1 N–H and O–H groups in total. The summed E-state index contributed by atoms with van der Waals surface area (Å²) in [5.74, 6) is 1.23. The van der Waals surface area contributed by atoms with E-state index in [9.17, 15) is 4.79 Å². The van der Waals surface area contributed by atoms with Gasteiger partial charge in [0.05, 0.1) is 11.0 Å². The van der Waals surface area contributed by atoms with Crippen molar-refractivity contribution in [1.82, 2.24) is 14.9 Å². The molecular weight excluding hydrogens is 382 g/mol. The summed E-state index contributed by atoms with van der Waals surface area (Å²) >= 11 is 0. The lowest BCUT2D eigenvalue weighted by molar-refractivity contribution is 0.0953. The van der Waals surface area contributed by atoms with Gasteiger partial charge in [-0.3, -0.25) is 4.79 Å². The van der Waals surface area contributed by atoms with Crippen LogP contribution in [-0.4, -0.2) is 22.0 Å². The second-order valence-electron chi connectivity index (χ2n) is 8.37. The molecule has 0 fully saturated rings. The molecule has 1 amide bonds. The maximum atomic E-state index is 12.1. The molecule has 0 spiro atoms. The number of benzene rings is 2. The normalized spacial score (nSPS) is 11.1. The van der Waals surface area contributed by atoms with Gasteiger partial charge in [0.25, 0.3) is 5.91 Å². The number of hydrogen-bond acceptors (Lipinski definition) is 2. The van der Waals surface area contributed by atoms with Crippen molar-refractivity contribution in [2.75, 3.05) is 6.54 Å². The number of amides is 1. The summed E-state index contributed by atoms with van der Waals surface area (Å²) in [6.07, 6.45) is 12.1. The molecule has 4 nitrogen and oxygen atoms in total. The largest absolute Gasteiger partial charge is 0.352 e. The lowest BCUT2D eigenvalue weighted by atomic mass is 10.1. The topological polar surface area (TPSA) is 46.9 Å². The lowest BCUT2D eigenvalue weighted by Crippen LogP contribution is -2.24. The number of para-hydroxylation sites is 2. The van der Waals surface area contributed by atoms with Crippen LogP contribution in [0.25, 0.3) is 11.0 Å². The van der Waals surface area contributed by atoms with Gasteiger partial charge in [0.1, 0.15) is 5.82 Å². The Morgan fingerprint density at radius 3 is 2.39 bits per heavy atom. The molecule has 0 aliphatic heterocycles. The number of fused-ring (bicyclic) bond motifs is 1. The van der Waals surface area contributed by atoms with Crippen LogP contribution in [-0.2, 0) is 13.0 Å². The van der Waals surface area contributed by atoms with E-state index >= 15 is 0 Å². The number of carbonyl (C=O) groups excluding carboxylic acids is 1. The van der Waals surface area contributed by atoms with Crippen LogP contribution in [0.5, 0.6) is 0 Å². The van der Waals surface area contributed by atoms with Gasteiger partial charge >= 0.3 is 0 Å². The van der Waals surface area contributed by atoms with E-state index in [4.69, 9.17) is 4.98 Å². The third-order valence-electron chi connectivity index (χ3n) is 5.87. The zero-order chi connectivity index (χ0) is 21.7. The van der Waals surface area contributed by atoms with Crippen molar-refractivity contribution in [3.63, 3.8) is 0 Å². The maximum Gasteiger partial charge on any atom is 0.251 e. The Balaban J connectivity index is 1.43. The highest BCUT2D eigenvalue weighted by atomic mass is 16.1. The van der Waals surface area contributed by atoms with Gasteiger partial charge in [0, 0.05) is 25.1 Å². The summed E-state index contributed by atoms with van der Waals surface area (Å²) in [6.45, 7) is 4.05. The van der Waals surface area contributed by atoms with Crippen LogP contribution in [0.2, 0.25) is 0 Å². The van der Waals surface area contributed by atoms with Gasteiger partial charge in [-0.25, -0.2) is 4.98 Å². The van der Waals surface area contributed by atoms with Crippen molar-refractivity contribution in [3.05, 3.63) is 66.0 Å². The molecule has 0 unspecified atom stereocenters. The summed E-state index contributed by atoms with van der Waals surface area (Å²) in [5, 5.41) is 3.02. The van der Waals surface area contributed by atoms with Crippen LogP contribution in [0.4, 0.5) is 0 Å². The van der Waals surface area contributed by atoms with E-state index in [1.807, 2.05) is 30.3 Å². The summed E-state index contributed by atoms with van der Waals surface area (Å²) in [4.78, 5) is 17.0. The minimum absolute atomic E-state index is 0.0151. The van der Waals surface area contributed by atoms with E-state index in [1.165, 1.54) is 49.9 Å². The molecule has 1 aromatic heterocycles. The predicted molar refractivity (Wildman–Crippen MR) is 129 cm³/mol. The number of imidazole rings is 1. The number of rotatable bonds is 14. The monoisotopic (exact) mass is 419 g/mol. The quantitative estimate of drug-likeness (QED) is 0.302. The summed E-state index contributed by atoms with van der Waals surface area (Å²) in [5.41, 5.74) is 3.10. The van der Waals surface area contributed by atoms with Crippen molar-refractivity contribution in [3.8, 4) is 0 Å². The first-order valence-electron chi connectivity index (χ1n) is 12.1. The number of hydrogen-bond donors (Lipinski definition) is 1. The van der Waals surface area contributed by atoms with Crippen molar-refractivity contribution < 1.29 is 4.79 Å². The highest BCUT2D eigenvalue weighted by molar-refractivity contribution is 5.94. The SMILES string of the molecule is CCCCCCCCn1c(CCCCCNC(=O)c2ccccc2)nc2ccccc21. The Hall–Kier alpha value is -2.62. The van der Waals surface area contributed by atoms with Gasteiger partial charge in [0.15, 0.2) is 0 Å². The van der Waals surface area contributed by atoms with Crippen LogP contribution < -0.4 is 5.32 Å². The standard InChI is InChI=1S/C27H37N3O/c1-2-3-4-5-6-15-22-30-25-19-13-12-18-24(25)29-26(30)20-11-8-14-21-28-27(31)23-16-9-7-10-17-23/h7,9-10,12-13,16-19H,2-6,8,11,14-15,20-22H2,1H3,(H,28,31). The third kappa shape index (κ3) is 7.23. The van der Waals surface area contributed by atoms with E-state index in [0.29, 0.717) is 0 Å². The number of nitrogens with zero attached hydrogens (tertiary/aromatic N) is 2. The number of carbonyl (C=O) groups is 1. The molecule has 0 saturated carbocycles. The number of nitrogens with one attached hydrogen (secondary N) is 1. The fraction of sp³-hybridized carbons (Fsp3) is 0.481. The molecule has 166 valence electrons.